The number of ether oxygens (including phenoxy) is 2. The minimum Gasteiger partial charge on any atom is -0.497 e. The summed E-state index contributed by atoms with van der Waals surface area (Å²) in [6.07, 6.45) is 0. The van der Waals surface area contributed by atoms with Crippen molar-refractivity contribution in [1.82, 2.24) is 0 Å². The first-order valence-corrected chi connectivity index (χ1v) is 11.9. The fourth-order valence-corrected chi connectivity index (χ4v) is 3.57. The van der Waals surface area contributed by atoms with E-state index in [2.05, 4.69) is 0 Å². The Labute approximate surface area is 203 Å². The average Bonchev–Trinajstić information content (AvgIpc) is 3.25. The molecule has 0 atom stereocenters. The number of benzene rings is 3. The van der Waals surface area contributed by atoms with Gasteiger partial charge in [0.1, 0.15) is 23.9 Å². The molecular weight excluding hydrogens is 470 g/mol. The molecule has 0 aliphatic heterocycles. The van der Waals surface area contributed by atoms with Crippen molar-refractivity contribution in [3.05, 3.63) is 102 Å². The van der Waals surface area contributed by atoms with Gasteiger partial charge in [0.05, 0.1) is 7.11 Å². The normalized spacial score (nSPS) is 10.7. The van der Waals surface area contributed by atoms with Crippen LogP contribution >= 0.6 is 0 Å². The van der Waals surface area contributed by atoms with Crippen LogP contribution in [-0.2, 0) is 16.7 Å². The van der Waals surface area contributed by atoms with Crippen LogP contribution in [0.1, 0.15) is 21.7 Å². The van der Waals surface area contributed by atoms with E-state index < -0.39 is 15.2 Å². The fourth-order valence-electron chi connectivity index (χ4n) is 3.05. The molecule has 1 aromatic heterocycles. The Hall–Kier alpha value is -4.08. The summed E-state index contributed by atoms with van der Waals surface area (Å²) in [5.41, 5.74) is 8.17. The fraction of sp³-hybridized carbons (Fsp3) is 0.115. The predicted octanol–water partition coefficient (Wildman–Crippen LogP) is 4.87. The number of primary amides is 1. The van der Waals surface area contributed by atoms with E-state index in [0.717, 1.165) is 16.9 Å². The van der Waals surface area contributed by atoms with Crippen LogP contribution in [0.3, 0.4) is 0 Å². The number of amides is 1. The molecule has 0 unspecified atom stereocenters. The second-order valence-electron chi connectivity index (χ2n) is 7.39. The molecule has 0 radical (unpaired) electrons. The molecule has 1 heterocycles. The molecule has 35 heavy (non-hydrogen) atoms. The quantitative estimate of drug-likeness (QED) is 0.350. The first-order chi connectivity index (χ1) is 16.7. The second kappa shape index (κ2) is 11.4. The number of rotatable bonds is 7. The van der Waals surface area contributed by atoms with Crippen LogP contribution in [0.25, 0.3) is 11.1 Å². The van der Waals surface area contributed by atoms with Gasteiger partial charge in [-0.2, -0.15) is 8.42 Å². The summed E-state index contributed by atoms with van der Waals surface area (Å²) in [5.74, 6) is 1.44. The van der Waals surface area contributed by atoms with E-state index in [4.69, 9.17) is 24.2 Å². The van der Waals surface area contributed by atoms with Crippen LogP contribution in [-0.4, -0.2) is 26.0 Å². The third-order valence-electron chi connectivity index (χ3n) is 4.98. The Morgan fingerprint density at radius 1 is 0.914 bits per heavy atom. The lowest BCUT2D eigenvalue weighted by atomic mass is 10.1. The largest absolute Gasteiger partial charge is 0.497 e. The highest BCUT2D eigenvalue weighted by Gasteiger charge is 2.18. The van der Waals surface area contributed by atoms with E-state index >= 15 is 0 Å². The number of nitrogens with two attached hydrogens (primary N) is 1. The molecule has 0 aliphatic carbocycles. The Bertz CT molecular complexity index is 1360. The van der Waals surface area contributed by atoms with Crippen molar-refractivity contribution in [2.24, 2.45) is 5.73 Å². The van der Waals surface area contributed by atoms with Crippen molar-refractivity contribution < 1.29 is 31.7 Å². The summed E-state index contributed by atoms with van der Waals surface area (Å²) in [7, 11) is -2.73. The van der Waals surface area contributed by atoms with Crippen LogP contribution in [0.15, 0.2) is 94.4 Å². The molecule has 8 nitrogen and oxygen atoms in total. The highest BCUT2D eigenvalue weighted by Crippen LogP contribution is 2.26. The molecule has 4 aromatic rings. The predicted molar refractivity (Wildman–Crippen MR) is 131 cm³/mol. The topological polar surface area (TPSA) is 129 Å². The lowest BCUT2D eigenvalue weighted by Gasteiger charge is -2.07. The molecule has 1 amide bonds. The molecule has 0 saturated carbocycles. The van der Waals surface area contributed by atoms with E-state index in [1.54, 1.807) is 38.3 Å². The van der Waals surface area contributed by atoms with Crippen molar-refractivity contribution in [2.45, 2.75) is 18.6 Å². The van der Waals surface area contributed by atoms with E-state index in [9.17, 15) is 13.2 Å². The van der Waals surface area contributed by atoms with Gasteiger partial charge in [-0.15, -0.1) is 0 Å². The molecule has 4 rings (SSSR count). The van der Waals surface area contributed by atoms with Gasteiger partial charge in [-0.3, -0.25) is 9.35 Å². The molecule has 3 aromatic carbocycles. The molecule has 3 N–H and O–H groups in total. The maximum absolute atomic E-state index is 11.1. The van der Waals surface area contributed by atoms with Gasteiger partial charge in [0.15, 0.2) is 0 Å². The molecule has 9 heteroatoms. The highest BCUT2D eigenvalue weighted by molar-refractivity contribution is 7.85. The second-order valence-corrected chi connectivity index (χ2v) is 8.75. The minimum atomic E-state index is -4.36. The van der Waals surface area contributed by atoms with E-state index in [-0.39, 0.29) is 12.5 Å². The number of hydrogen-bond acceptors (Lipinski definition) is 6. The van der Waals surface area contributed by atoms with E-state index in [1.165, 1.54) is 6.07 Å². The first-order valence-electron chi connectivity index (χ1n) is 10.5. The van der Waals surface area contributed by atoms with Crippen LogP contribution in [0.5, 0.6) is 11.5 Å². The van der Waals surface area contributed by atoms with Crippen LogP contribution in [0, 0.1) is 6.92 Å². The maximum Gasteiger partial charge on any atom is 0.328 e. The van der Waals surface area contributed by atoms with Crippen molar-refractivity contribution in [2.75, 3.05) is 7.11 Å². The van der Waals surface area contributed by atoms with Crippen molar-refractivity contribution in [3.8, 4) is 22.6 Å². The molecule has 0 spiro atoms. The molecule has 0 aliphatic rings. The first kappa shape index (κ1) is 25.5. The lowest BCUT2D eigenvalue weighted by Crippen LogP contribution is -2.09. The summed E-state index contributed by atoms with van der Waals surface area (Å²) in [6.45, 7) is 1.74. The summed E-state index contributed by atoms with van der Waals surface area (Å²) < 4.78 is 47.1. The van der Waals surface area contributed by atoms with Crippen molar-refractivity contribution >= 4 is 16.0 Å². The summed E-state index contributed by atoms with van der Waals surface area (Å²) in [5, 5.41) is -0.483. The molecule has 0 saturated heterocycles. The number of hydrogen-bond donors (Lipinski definition) is 2. The van der Waals surface area contributed by atoms with E-state index in [1.807, 2.05) is 54.6 Å². The Kier molecular flexibility index (Phi) is 8.30. The van der Waals surface area contributed by atoms with Gasteiger partial charge in [0, 0.05) is 17.2 Å². The number of carbonyl (C=O) groups excluding carboxylic acids is 1. The van der Waals surface area contributed by atoms with Gasteiger partial charge >= 0.3 is 10.1 Å². The van der Waals surface area contributed by atoms with Crippen LogP contribution in [0.4, 0.5) is 0 Å². The molecule has 0 fully saturated rings. The zero-order valence-corrected chi connectivity index (χ0v) is 20.0. The van der Waals surface area contributed by atoms with Gasteiger partial charge in [-0.1, -0.05) is 42.5 Å². The Balaban J connectivity index is 0.000000320. The summed E-state index contributed by atoms with van der Waals surface area (Å²) in [6, 6.07) is 25.3. The standard InChI is InChI=1S/C19H18O6S.C7H7NO/c1-13-16(11-19(25-13)26(20,21)22)12-24-18-9-5-15(6-10-18)14-3-7-17(23-2)8-4-14;8-7(9)6-4-2-1-3-5-6/h3-11H,12H2,1-2H3,(H,20,21,22);1-5H,(H2,8,9). The molecule has 0 bridgehead atoms. The SMILES string of the molecule is COc1ccc(-c2ccc(OCc3cc(S(=O)(=O)O)oc3C)cc2)cc1.NC(=O)c1ccccc1. The maximum atomic E-state index is 11.1. The van der Waals surface area contributed by atoms with Gasteiger partial charge in [-0.05, 0) is 54.4 Å². The van der Waals surface area contributed by atoms with E-state index in [0.29, 0.717) is 22.6 Å². The van der Waals surface area contributed by atoms with Gasteiger partial charge in [0.2, 0.25) is 11.0 Å². The zero-order valence-electron chi connectivity index (χ0n) is 19.2. The number of aryl methyl sites for hydroxylation is 1. The van der Waals surface area contributed by atoms with Crippen LogP contribution < -0.4 is 15.2 Å². The zero-order chi connectivity index (χ0) is 25.4. The molecule has 182 valence electrons. The average molecular weight is 496 g/mol. The smallest absolute Gasteiger partial charge is 0.328 e. The monoisotopic (exact) mass is 495 g/mol. The number of carbonyl (C=O) groups is 1. The third-order valence-corrected chi connectivity index (χ3v) is 5.69. The minimum absolute atomic E-state index is 0.132. The van der Waals surface area contributed by atoms with Crippen molar-refractivity contribution in [1.29, 1.82) is 0 Å². The lowest BCUT2D eigenvalue weighted by molar-refractivity contribution is 0.1000. The molecular formula is C26H25NO7S. The summed E-state index contributed by atoms with van der Waals surface area (Å²) in [4.78, 5) is 10.4. The number of furan rings is 1. The van der Waals surface area contributed by atoms with Gasteiger partial charge in [-0.25, -0.2) is 0 Å². The van der Waals surface area contributed by atoms with Crippen LogP contribution in [0.2, 0.25) is 0 Å². The Morgan fingerprint density at radius 3 is 1.89 bits per heavy atom. The highest BCUT2D eigenvalue weighted by atomic mass is 32.2. The summed E-state index contributed by atoms with van der Waals surface area (Å²) >= 11 is 0. The number of methoxy groups -OCH3 is 1. The van der Waals surface area contributed by atoms with Crippen molar-refractivity contribution in [3.63, 3.8) is 0 Å². The Morgan fingerprint density at radius 2 is 1.46 bits per heavy atom. The van der Waals surface area contributed by atoms with Gasteiger partial charge < -0.3 is 19.6 Å². The van der Waals surface area contributed by atoms with Gasteiger partial charge in [0.25, 0.3) is 0 Å². The third kappa shape index (κ3) is 7.20.